The average molecular weight is 278 g/mol. The number of aromatic nitrogens is 3. The Bertz CT molecular complexity index is 657. The van der Waals surface area contributed by atoms with Crippen LogP contribution in [0.3, 0.4) is 0 Å². The van der Waals surface area contributed by atoms with Crippen LogP contribution in [0.5, 0.6) is 0 Å². The van der Waals surface area contributed by atoms with Crippen molar-refractivity contribution in [3.05, 3.63) is 28.0 Å². The van der Waals surface area contributed by atoms with Crippen LogP contribution in [0.15, 0.2) is 6.07 Å². The molecule has 0 aliphatic rings. The minimum Gasteiger partial charge on any atom is -0.296 e. The molecule has 7 heteroatoms. The minimum atomic E-state index is -0.285. The molecule has 2 rings (SSSR count). The summed E-state index contributed by atoms with van der Waals surface area (Å²) in [4.78, 5) is 28.1. The molecule has 0 bridgehead atoms. The van der Waals surface area contributed by atoms with Crippen LogP contribution in [0.25, 0.3) is 0 Å². The van der Waals surface area contributed by atoms with Crippen molar-refractivity contribution in [3.63, 3.8) is 0 Å². The van der Waals surface area contributed by atoms with Crippen LogP contribution < -0.4 is 5.32 Å². The predicted molar refractivity (Wildman–Crippen MR) is 72.8 cm³/mol. The van der Waals surface area contributed by atoms with Gasteiger partial charge in [-0.15, -0.1) is 0 Å². The van der Waals surface area contributed by atoms with E-state index in [0.717, 1.165) is 5.69 Å². The number of ketones is 1. The second kappa shape index (κ2) is 4.93. The largest absolute Gasteiger partial charge is 0.296 e. The van der Waals surface area contributed by atoms with Crippen molar-refractivity contribution < 1.29 is 9.59 Å². The number of carbonyl (C=O) groups is 2. The molecular formula is C12H14N4O2S. The Balaban J connectivity index is 2.22. The van der Waals surface area contributed by atoms with Crippen LogP contribution in [0.2, 0.25) is 0 Å². The molecule has 0 fully saturated rings. The Morgan fingerprint density at radius 1 is 1.37 bits per heavy atom. The summed E-state index contributed by atoms with van der Waals surface area (Å²) in [6.07, 6.45) is 0. The monoisotopic (exact) mass is 278 g/mol. The highest BCUT2D eigenvalue weighted by Crippen LogP contribution is 2.23. The Morgan fingerprint density at radius 3 is 2.53 bits per heavy atom. The molecule has 0 saturated carbocycles. The first-order valence-corrected chi connectivity index (χ1v) is 6.50. The summed E-state index contributed by atoms with van der Waals surface area (Å²) in [6.45, 7) is 5.05. The number of nitrogens with zero attached hydrogens (tertiary/aromatic N) is 3. The van der Waals surface area contributed by atoms with Gasteiger partial charge in [0.1, 0.15) is 5.69 Å². The molecular weight excluding hydrogens is 264 g/mol. The summed E-state index contributed by atoms with van der Waals surface area (Å²) in [7, 11) is 1.70. The zero-order valence-electron chi connectivity index (χ0n) is 11.1. The molecule has 0 aliphatic heterocycles. The van der Waals surface area contributed by atoms with Gasteiger partial charge in [-0.1, -0.05) is 11.3 Å². The molecule has 0 radical (unpaired) electrons. The molecule has 6 nitrogen and oxygen atoms in total. The number of Topliss-reactive ketones (excluding diaryl/α,β-unsaturated/α-hetero) is 1. The van der Waals surface area contributed by atoms with Crippen LogP contribution in [-0.4, -0.2) is 26.5 Å². The molecule has 0 saturated heterocycles. The molecule has 0 atom stereocenters. The first-order valence-electron chi connectivity index (χ1n) is 5.69. The van der Waals surface area contributed by atoms with Gasteiger partial charge in [0.25, 0.3) is 5.91 Å². The molecule has 1 N–H and O–H groups in total. The molecule has 2 aromatic heterocycles. The van der Waals surface area contributed by atoms with Gasteiger partial charge in [-0.3, -0.25) is 19.6 Å². The van der Waals surface area contributed by atoms with Gasteiger partial charge in [0, 0.05) is 14.0 Å². The summed E-state index contributed by atoms with van der Waals surface area (Å²) >= 11 is 1.18. The molecule has 0 unspecified atom stereocenters. The van der Waals surface area contributed by atoms with E-state index in [9.17, 15) is 9.59 Å². The molecule has 100 valence electrons. The standard InChI is InChI=1S/C12H14N4O2S/c1-6-5-9(16(4)15-6)11(18)14-12-13-7(2)10(19-12)8(3)17/h5H,1-4H3,(H,13,14,18). The third-order valence-corrected chi connectivity index (χ3v) is 3.75. The third kappa shape index (κ3) is 2.70. The van der Waals surface area contributed by atoms with Crippen LogP contribution >= 0.6 is 11.3 Å². The lowest BCUT2D eigenvalue weighted by atomic mass is 10.3. The van der Waals surface area contributed by atoms with E-state index in [1.54, 1.807) is 20.0 Å². The van der Waals surface area contributed by atoms with Crippen molar-refractivity contribution in [1.82, 2.24) is 14.8 Å². The number of rotatable bonds is 3. The quantitative estimate of drug-likeness (QED) is 0.870. The van der Waals surface area contributed by atoms with Gasteiger partial charge >= 0.3 is 0 Å². The summed E-state index contributed by atoms with van der Waals surface area (Å²) in [5, 5.41) is 7.22. The Morgan fingerprint density at radius 2 is 2.05 bits per heavy atom. The van der Waals surface area contributed by atoms with E-state index in [1.807, 2.05) is 6.92 Å². The lowest BCUT2D eigenvalue weighted by Gasteiger charge is -2.00. The number of hydrogen-bond donors (Lipinski definition) is 1. The highest BCUT2D eigenvalue weighted by atomic mass is 32.1. The maximum absolute atomic E-state index is 12.0. The van der Waals surface area contributed by atoms with Gasteiger partial charge in [0.2, 0.25) is 0 Å². The van der Waals surface area contributed by atoms with Gasteiger partial charge in [0.15, 0.2) is 10.9 Å². The highest BCUT2D eigenvalue weighted by molar-refractivity contribution is 7.17. The third-order valence-electron chi connectivity index (χ3n) is 2.57. The Kier molecular flexibility index (Phi) is 3.48. The fraction of sp³-hybridized carbons (Fsp3) is 0.333. The lowest BCUT2D eigenvalue weighted by molar-refractivity contribution is 0.101. The summed E-state index contributed by atoms with van der Waals surface area (Å²) in [5.74, 6) is -0.334. The van der Waals surface area contributed by atoms with E-state index in [4.69, 9.17) is 0 Å². The van der Waals surface area contributed by atoms with Gasteiger partial charge < -0.3 is 0 Å². The number of aryl methyl sites for hydroxylation is 3. The second-order valence-corrected chi connectivity index (χ2v) is 5.24. The van der Waals surface area contributed by atoms with Crippen LogP contribution in [-0.2, 0) is 7.05 Å². The zero-order valence-corrected chi connectivity index (χ0v) is 12.0. The van der Waals surface area contributed by atoms with E-state index in [-0.39, 0.29) is 11.7 Å². The van der Waals surface area contributed by atoms with Crippen molar-refractivity contribution in [2.24, 2.45) is 7.05 Å². The van der Waals surface area contributed by atoms with Crippen LogP contribution in [0.4, 0.5) is 5.13 Å². The number of thiazole rings is 1. The normalized spacial score (nSPS) is 10.5. The number of carbonyl (C=O) groups excluding carboxylic acids is 2. The molecule has 19 heavy (non-hydrogen) atoms. The molecule has 2 heterocycles. The first-order chi connectivity index (χ1) is 8.88. The van der Waals surface area contributed by atoms with Crippen molar-refractivity contribution >= 4 is 28.2 Å². The summed E-state index contributed by atoms with van der Waals surface area (Å²) in [6, 6.07) is 1.70. The average Bonchev–Trinajstić information content (AvgIpc) is 2.81. The molecule has 0 aromatic carbocycles. The SMILES string of the molecule is CC(=O)c1sc(NC(=O)c2cc(C)nn2C)nc1C. The smallest absolute Gasteiger partial charge is 0.275 e. The lowest BCUT2D eigenvalue weighted by Crippen LogP contribution is -2.15. The molecule has 1 amide bonds. The maximum Gasteiger partial charge on any atom is 0.275 e. The second-order valence-electron chi connectivity index (χ2n) is 4.24. The van der Waals surface area contributed by atoms with Crippen LogP contribution in [0.1, 0.15) is 38.5 Å². The topological polar surface area (TPSA) is 76.9 Å². The maximum atomic E-state index is 12.0. The van der Waals surface area contributed by atoms with Crippen molar-refractivity contribution in [1.29, 1.82) is 0 Å². The fourth-order valence-corrected chi connectivity index (χ4v) is 2.62. The van der Waals surface area contributed by atoms with E-state index >= 15 is 0 Å². The van der Waals surface area contributed by atoms with E-state index < -0.39 is 0 Å². The van der Waals surface area contributed by atoms with Gasteiger partial charge in [-0.05, 0) is 19.9 Å². The van der Waals surface area contributed by atoms with Gasteiger partial charge in [-0.25, -0.2) is 4.98 Å². The van der Waals surface area contributed by atoms with Crippen molar-refractivity contribution in [3.8, 4) is 0 Å². The van der Waals surface area contributed by atoms with E-state index in [2.05, 4.69) is 15.4 Å². The minimum absolute atomic E-state index is 0.0492. The predicted octanol–water partition coefficient (Wildman–Crippen LogP) is 1.95. The molecule has 0 aliphatic carbocycles. The summed E-state index contributed by atoms with van der Waals surface area (Å²) in [5.41, 5.74) is 1.86. The van der Waals surface area contributed by atoms with Crippen LogP contribution in [0, 0.1) is 13.8 Å². The number of amides is 1. The fourth-order valence-electron chi connectivity index (χ4n) is 1.76. The van der Waals surface area contributed by atoms with E-state index in [0.29, 0.717) is 21.4 Å². The number of hydrogen-bond acceptors (Lipinski definition) is 5. The number of nitrogens with one attached hydrogen (secondary N) is 1. The zero-order chi connectivity index (χ0) is 14.2. The van der Waals surface area contributed by atoms with Gasteiger partial charge in [-0.2, -0.15) is 5.10 Å². The highest BCUT2D eigenvalue weighted by Gasteiger charge is 2.16. The van der Waals surface area contributed by atoms with Crippen molar-refractivity contribution in [2.75, 3.05) is 5.32 Å². The Labute approximate surface area is 114 Å². The van der Waals surface area contributed by atoms with Gasteiger partial charge in [0.05, 0.1) is 16.3 Å². The van der Waals surface area contributed by atoms with E-state index in [1.165, 1.54) is 22.9 Å². The molecule has 0 spiro atoms. The first kappa shape index (κ1) is 13.4. The molecule has 2 aromatic rings. The number of anilines is 1. The summed E-state index contributed by atoms with van der Waals surface area (Å²) < 4.78 is 1.51. The Hall–Kier alpha value is -2.02. The van der Waals surface area contributed by atoms with Crippen molar-refractivity contribution in [2.45, 2.75) is 20.8 Å².